The van der Waals surface area contributed by atoms with Crippen molar-refractivity contribution in [2.24, 2.45) is 5.92 Å². The third kappa shape index (κ3) is 3.13. The molecule has 1 heterocycles. The molecule has 3 rings (SSSR count). The number of benzene rings is 1. The molecular weight excluding hydrogens is 336 g/mol. The monoisotopic (exact) mass is 360 g/mol. The Bertz CT molecular complexity index is 660. The third-order valence-corrected chi connectivity index (χ3v) is 4.82. The summed E-state index contributed by atoms with van der Waals surface area (Å²) in [5.41, 5.74) is 1.12. The van der Waals surface area contributed by atoms with E-state index in [2.05, 4.69) is 0 Å². The van der Waals surface area contributed by atoms with Gasteiger partial charge in [0.2, 0.25) is 0 Å². The van der Waals surface area contributed by atoms with Crippen molar-refractivity contribution in [1.82, 2.24) is 0 Å². The molecule has 1 atom stereocenters. The molecule has 1 saturated carbocycles. The van der Waals surface area contributed by atoms with Crippen LogP contribution in [0.4, 0.5) is 21.0 Å². The number of anilines is 2. The Balaban J connectivity index is 2.08. The molecule has 2 aliphatic rings. The molecule has 1 aliphatic heterocycles. The van der Waals surface area contributed by atoms with Gasteiger partial charge >= 0.3 is 12.2 Å². The van der Waals surface area contributed by atoms with Crippen molar-refractivity contribution in [1.29, 1.82) is 0 Å². The van der Waals surface area contributed by atoms with Crippen molar-refractivity contribution in [2.45, 2.75) is 45.7 Å². The summed E-state index contributed by atoms with van der Waals surface area (Å²) < 4.78 is 10.4. The molecule has 0 radical (unpaired) electrons. The number of para-hydroxylation sites is 2. The summed E-state index contributed by atoms with van der Waals surface area (Å²) in [5.74, 6) is -0.386. The van der Waals surface area contributed by atoms with Crippen LogP contribution in [0, 0.1) is 5.92 Å². The SMILES string of the molecule is CCOC(=O)N1c2ccccc2N(C(=O)OCC)C1C1CCCCC1=O. The first kappa shape index (κ1) is 18.2. The van der Waals surface area contributed by atoms with Crippen LogP contribution in [-0.4, -0.2) is 37.3 Å². The van der Waals surface area contributed by atoms with Crippen molar-refractivity contribution >= 4 is 29.3 Å². The lowest BCUT2D eigenvalue weighted by molar-refractivity contribution is -0.125. The van der Waals surface area contributed by atoms with Crippen molar-refractivity contribution in [2.75, 3.05) is 23.0 Å². The summed E-state index contributed by atoms with van der Waals surface area (Å²) in [5, 5.41) is 0. The molecular formula is C19H24N2O5. The van der Waals surface area contributed by atoms with Gasteiger partial charge in [-0.2, -0.15) is 0 Å². The molecule has 26 heavy (non-hydrogen) atoms. The summed E-state index contributed by atoms with van der Waals surface area (Å²) in [7, 11) is 0. The number of hydrogen-bond donors (Lipinski definition) is 0. The molecule has 140 valence electrons. The molecule has 1 aromatic rings. The van der Waals surface area contributed by atoms with Gasteiger partial charge in [0, 0.05) is 6.42 Å². The number of fused-ring (bicyclic) bond motifs is 1. The molecule has 2 amide bonds. The topological polar surface area (TPSA) is 76.2 Å². The van der Waals surface area contributed by atoms with Crippen molar-refractivity contribution in [3.05, 3.63) is 24.3 Å². The number of hydrogen-bond acceptors (Lipinski definition) is 5. The maximum Gasteiger partial charge on any atom is 0.416 e. The molecule has 0 spiro atoms. The van der Waals surface area contributed by atoms with Crippen LogP contribution >= 0.6 is 0 Å². The third-order valence-electron chi connectivity index (χ3n) is 4.82. The summed E-state index contributed by atoms with van der Waals surface area (Å²) in [6, 6.07) is 7.09. The zero-order valence-electron chi connectivity index (χ0n) is 15.1. The zero-order valence-corrected chi connectivity index (χ0v) is 15.1. The van der Waals surface area contributed by atoms with E-state index >= 15 is 0 Å². The van der Waals surface area contributed by atoms with E-state index in [0.717, 1.165) is 12.8 Å². The van der Waals surface area contributed by atoms with Gasteiger partial charge in [0.15, 0.2) is 0 Å². The summed E-state index contributed by atoms with van der Waals surface area (Å²) in [4.78, 5) is 40.9. The lowest BCUT2D eigenvalue weighted by Gasteiger charge is -2.36. The van der Waals surface area contributed by atoms with Crippen LogP contribution in [0.25, 0.3) is 0 Å². The average molecular weight is 360 g/mol. The Hall–Kier alpha value is -2.57. The highest BCUT2D eigenvalue weighted by Gasteiger charge is 2.50. The average Bonchev–Trinajstić information content (AvgIpc) is 2.97. The first-order valence-corrected chi connectivity index (χ1v) is 9.13. The van der Waals surface area contributed by atoms with E-state index in [4.69, 9.17) is 9.47 Å². The maximum absolute atomic E-state index is 12.7. The Morgan fingerprint density at radius 1 is 1.00 bits per heavy atom. The standard InChI is InChI=1S/C19H24N2O5/c1-3-25-18(23)20-14-10-6-7-11-15(14)21(19(24)26-4-2)17(20)13-9-5-8-12-16(13)22/h6-7,10-11,13,17H,3-5,8-9,12H2,1-2H3. The fourth-order valence-corrected chi connectivity index (χ4v) is 3.76. The van der Waals surface area contributed by atoms with E-state index in [1.807, 2.05) is 0 Å². The van der Waals surface area contributed by atoms with E-state index in [9.17, 15) is 14.4 Å². The second-order valence-corrected chi connectivity index (χ2v) is 6.36. The van der Waals surface area contributed by atoms with E-state index in [1.54, 1.807) is 38.1 Å². The predicted molar refractivity (Wildman–Crippen MR) is 96.2 cm³/mol. The van der Waals surface area contributed by atoms with Gasteiger partial charge in [-0.3, -0.25) is 14.6 Å². The molecule has 0 N–H and O–H groups in total. The molecule has 1 aromatic carbocycles. The largest absolute Gasteiger partial charge is 0.449 e. The number of nitrogens with zero attached hydrogens (tertiary/aromatic N) is 2. The maximum atomic E-state index is 12.7. The van der Waals surface area contributed by atoms with Gasteiger partial charge in [-0.15, -0.1) is 0 Å². The van der Waals surface area contributed by atoms with Gasteiger partial charge in [-0.1, -0.05) is 18.6 Å². The smallest absolute Gasteiger partial charge is 0.416 e. The van der Waals surface area contributed by atoms with Crippen LogP contribution in [0.2, 0.25) is 0 Å². The highest BCUT2D eigenvalue weighted by molar-refractivity contribution is 6.06. The number of Topliss-reactive ketones (excluding diaryl/α,β-unsaturated/α-hetero) is 1. The van der Waals surface area contributed by atoms with Crippen LogP contribution in [0.1, 0.15) is 39.5 Å². The molecule has 7 nitrogen and oxygen atoms in total. The fourth-order valence-electron chi connectivity index (χ4n) is 3.76. The Kier molecular flexibility index (Phi) is 5.44. The van der Waals surface area contributed by atoms with Gasteiger partial charge in [0.25, 0.3) is 0 Å². The number of amides is 2. The number of ketones is 1. The van der Waals surface area contributed by atoms with Gasteiger partial charge in [0.1, 0.15) is 11.9 Å². The van der Waals surface area contributed by atoms with Gasteiger partial charge in [-0.05, 0) is 38.8 Å². The number of rotatable bonds is 3. The highest BCUT2D eigenvalue weighted by Crippen LogP contribution is 2.44. The number of ether oxygens (including phenoxy) is 2. The van der Waals surface area contributed by atoms with Crippen molar-refractivity contribution in [3.63, 3.8) is 0 Å². The Morgan fingerprint density at radius 2 is 1.54 bits per heavy atom. The lowest BCUT2D eigenvalue weighted by atomic mass is 9.85. The minimum atomic E-state index is -0.752. The molecule has 0 aromatic heterocycles. The van der Waals surface area contributed by atoms with E-state index in [-0.39, 0.29) is 19.0 Å². The Labute approximate surface area is 152 Å². The van der Waals surface area contributed by atoms with Crippen molar-refractivity contribution in [3.8, 4) is 0 Å². The minimum Gasteiger partial charge on any atom is -0.449 e. The number of carbonyl (C=O) groups excluding carboxylic acids is 3. The van der Waals surface area contributed by atoms with Crippen LogP contribution in [0.5, 0.6) is 0 Å². The molecule has 1 unspecified atom stereocenters. The fraction of sp³-hybridized carbons (Fsp3) is 0.526. The van der Waals surface area contributed by atoms with Crippen LogP contribution < -0.4 is 9.80 Å². The predicted octanol–water partition coefficient (Wildman–Crippen LogP) is 3.71. The normalized spacial score (nSPS) is 20.1. The summed E-state index contributed by atoms with van der Waals surface area (Å²) >= 11 is 0. The van der Waals surface area contributed by atoms with Crippen LogP contribution in [0.3, 0.4) is 0 Å². The number of carbonyl (C=O) groups is 3. The van der Waals surface area contributed by atoms with E-state index < -0.39 is 24.3 Å². The second-order valence-electron chi connectivity index (χ2n) is 6.36. The highest BCUT2D eigenvalue weighted by atomic mass is 16.6. The van der Waals surface area contributed by atoms with Gasteiger partial charge in [0.05, 0.1) is 30.5 Å². The molecule has 1 fully saturated rings. The molecule has 0 bridgehead atoms. The first-order valence-electron chi connectivity index (χ1n) is 9.13. The first-order chi connectivity index (χ1) is 12.6. The summed E-state index contributed by atoms with van der Waals surface area (Å²) in [6.07, 6.45) is 0.946. The Morgan fingerprint density at radius 3 is 2.00 bits per heavy atom. The second kappa shape index (κ2) is 7.76. The lowest BCUT2D eigenvalue weighted by Crippen LogP contribution is -2.55. The van der Waals surface area contributed by atoms with Gasteiger partial charge < -0.3 is 9.47 Å². The minimum absolute atomic E-state index is 0.0673. The van der Waals surface area contributed by atoms with E-state index in [1.165, 1.54) is 9.80 Å². The molecule has 1 aliphatic carbocycles. The summed E-state index contributed by atoms with van der Waals surface area (Å²) in [6.45, 7) is 3.87. The molecule has 0 saturated heterocycles. The van der Waals surface area contributed by atoms with Crippen LogP contribution in [-0.2, 0) is 14.3 Å². The van der Waals surface area contributed by atoms with Crippen molar-refractivity contribution < 1.29 is 23.9 Å². The van der Waals surface area contributed by atoms with Crippen LogP contribution in [0.15, 0.2) is 24.3 Å². The quantitative estimate of drug-likeness (QED) is 0.821. The van der Waals surface area contributed by atoms with Gasteiger partial charge in [-0.25, -0.2) is 9.59 Å². The van der Waals surface area contributed by atoms with E-state index in [0.29, 0.717) is 24.2 Å². The molecule has 7 heteroatoms. The zero-order chi connectivity index (χ0) is 18.7.